The van der Waals surface area contributed by atoms with Crippen LogP contribution < -0.4 is 9.47 Å². The minimum atomic E-state index is -0.373. The van der Waals surface area contributed by atoms with Crippen LogP contribution >= 0.6 is 11.6 Å². The number of hydrogen-bond acceptors (Lipinski definition) is 4. The SMILES string of the molecule is Cc1ccc(-c2n[nH]c3c2C(c2ccccc2Cl)N(Cc2ccc4c(c2)OCO4)C3=O)cc1. The Morgan fingerprint density at radius 1 is 1.06 bits per heavy atom. The number of benzene rings is 3. The van der Waals surface area contributed by atoms with E-state index in [2.05, 4.69) is 10.2 Å². The number of aryl methyl sites for hydroxylation is 1. The van der Waals surface area contributed by atoms with Gasteiger partial charge in [0, 0.05) is 22.7 Å². The summed E-state index contributed by atoms with van der Waals surface area (Å²) in [6.07, 6.45) is 0. The van der Waals surface area contributed by atoms with E-state index in [0.717, 1.165) is 33.5 Å². The molecule has 0 spiro atoms. The number of hydrogen-bond donors (Lipinski definition) is 1. The molecule has 6 rings (SSSR count). The Hall–Kier alpha value is -3.77. The van der Waals surface area contributed by atoms with Crippen molar-refractivity contribution >= 4 is 17.5 Å². The summed E-state index contributed by atoms with van der Waals surface area (Å²) in [6.45, 7) is 2.64. The highest BCUT2D eigenvalue weighted by molar-refractivity contribution is 6.31. The van der Waals surface area contributed by atoms with Gasteiger partial charge in [-0.15, -0.1) is 0 Å². The van der Waals surface area contributed by atoms with Crippen LogP contribution in [-0.4, -0.2) is 27.8 Å². The molecule has 7 heteroatoms. The molecule has 0 fully saturated rings. The molecule has 164 valence electrons. The highest BCUT2D eigenvalue weighted by atomic mass is 35.5. The van der Waals surface area contributed by atoms with Gasteiger partial charge in [-0.05, 0) is 36.2 Å². The third-order valence-corrected chi connectivity index (χ3v) is 6.52. The van der Waals surface area contributed by atoms with E-state index < -0.39 is 0 Å². The van der Waals surface area contributed by atoms with Crippen molar-refractivity contribution in [2.45, 2.75) is 19.5 Å². The fourth-order valence-electron chi connectivity index (χ4n) is 4.55. The molecule has 0 saturated heterocycles. The van der Waals surface area contributed by atoms with E-state index in [1.807, 2.05) is 78.6 Å². The molecule has 6 nitrogen and oxygen atoms in total. The quantitative estimate of drug-likeness (QED) is 0.438. The molecule has 3 aromatic carbocycles. The first-order valence-corrected chi connectivity index (χ1v) is 11.1. The number of aromatic amines is 1. The third kappa shape index (κ3) is 3.26. The fourth-order valence-corrected chi connectivity index (χ4v) is 4.79. The number of nitrogens with one attached hydrogen (secondary N) is 1. The lowest BCUT2D eigenvalue weighted by Gasteiger charge is -2.27. The summed E-state index contributed by atoms with van der Waals surface area (Å²) in [5.74, 6) is 1.29. The maximum Gasteiger partial charge on any atom is 0.273 e. The van der Waals surface area contributed by atoms with Crippen LogP contribution in [0.3, 0.4) is 0 Å². The van der Waals surface area contributed by atoms with E-state index in [1.165, 1.54) is 0 Å². The smallest absolute Gasteiger partial charge is 0.273 e. The number of fused-ring (bicyclic) bond motifs is 2. The first-order valence-electron chi connectivity index (χ1n) is 10.7. The second-order valence-corrected chi connectivity index (χ2v) is 8.68. The minimum absolute atomic E-state index is 0.113. The van der Waals surface area contributed by atoms with Gasteiger partial charge in [-0.25, -0.2) is 0 Å². The zero-order valence-corrected chi connectivity index (χ0v) is 18.6. The maximum absolute atomic E-state index is 13.6. The van der Waals surface area contributed by atoms with Gasteiger partial charge in [-0.2, -0.15) is 5.10 Å². The van der Waals surface area contributed by atoms with Crippen LogP contribution in [0.2, 0.25) is 5.02 Å². The number of amides is 1. The second kappa shape index (κ2) is 7.67. The zero-order chi connectivity index (χ0) is 22.5. The topological polar surface area (TPSA) is 67.5 Å². The van der Waals surface area contributed by atoms with Crippen molar-refractivity contribution in [1.82, 2.24) is 15.1 Å². The summed E-state index contributed by atoms with van der Waals surface area (Å²) in [6, 6.07) is 21.2. The number of H-pyrrole nitrogens is 1. The third-order valence-electron chi connectivity index (χ3n) is 6.18. The largest absolute Gasteiger partial charge is 0.454 e. The average Bonchev–Trinajstić information content (AvgIpc) is 3.52. The van der Waals surface area contributed by atoms with Crippen LogP contribution in [0.4, 0.5) is 0 Å². The summed E-state index contributed by atoms with van der Waals surface area (Å²) in [4.78, 5) is 15.4. The molecule has 1 unspecified atom stereocenters. The molecule has 1 N–H and O–H groups in total. The Kier molecular flexibility index (Phi) is 4.62. The molecule has 0 bridgehead atoms. The van der Waals surface area contributed by atoms with E-state index in [1.54, 1.807) is 0 Å². The monoisotopic (exact) mass is 457 g/mol. The molecule has 3 heterocycles. The van der Waals surface area contributed by atoms with E-state index in [9.17, 15) is 4.79 Å². The van der Waals surface area contributed by atoms with Gasteiger partial charge in [-0.3, -0.25) is 9.89 Å². The number of aromatic nitrogens is 2. The summed E-state index contributed by atoms with van der Waals surface area (Å²) in [5, 5.41) is 8.13. The first kappa shape index (κ1) is 19.9. The zero-order valence-electron chi connectivity index (χ0n) is 17.8. The standard InChI is InChI=1S/C26H20ClN3O3/c1-15-6-9-17(10-7-15)23-22-24(29-28-23)26(31)30(25(22)18-4-2-3-5-19(18)27)13-16-8-11-20-21(12-16)33-14-32-20/h2-12,25H,13-14H2,1H3,(H,28,29). The van der Waals surface area contributed by atoms with E-state index in [0.29, 0.717) is 28.8 Å². The van der Waals surface area contributed by atoms with Crippen molar-refractivity contribution < 1.29 is 14.3 Å². The van der Waals surface area contributed by atoms with E-state index in [-0.39, 0.29) is 18.7 Å². The number of rotatable bonds is 4. The Balaban J connectivity index is 1.47. The number of carbonyl (C=O) groups excluding carboxylic acids is 1. The average molecular weight is 458 g/mol. The molecule has 4 aromatic rings. The first-order chi connectivity index (χ1) is 16.1. The lowest BCUT2D eigenvalue weighted by Crippen LogP contribution is -2.29. The van der Waals surface area contributed by atoms with Crippen molar-refractivity contribution in [2.75, 3.05) is 6.79 Å². The summed E-state index contributed by atoms with van der Waals surface area (Å²) < 4.78 is 11.0. The number of halogens is 1. The van der Waals surface area contributed by atoms with Crippen LogP contribution in [0, 0.1) is 6.92 Å². The van der Waals surface area contributed by atoms with Crippen LogP contribution in [-0.2, 0) is 6.54 Å². The highest BCUT2D eigenvalue weighted by Gasteiger charge is 2.43. The van der Waals surface area contributed by atoms with Crippen LogP contribution in [0.25, 0.3) is 11.3 Å². The Labute approximate surface area is 195 Å². The van der Waals surface area contributed by atoms with Gasteiger partial charge in [0.1, 0.15) is 5.69 Å². The fraction of sp³-hybridized carbons (Fsp3) is 0.154. The van der Waals surface area contributed by atoms with Gasteiger partial charge in [-0.1, -0.05) is 65.7 Å². The number of nitrogens with zero attached hydrogens (tertiary/aromatic N) is 2. The van der Waals surface area contributed by atoms with Gasteiger partial charge < -0.3 is 14.4 Å². The van der Waals surface area contributed by atoms with Crippen molar-refractivity contribution in [3.8, 4) is 22.8 Å². The molecule has 33 heavy (non-hydrogen) atoms. The van der Waals surface area contributed by atoms with Crippen molar-refractivity contribution in [3.05, 3.63) is 99.7 Å². The van der Waals surface area contributed by atoms with Crippen molar-refractivity contribution in [3.63, 3.8) is 0 Å². The Morgan fingerprint density at radius 2 is 1.85 bits per heavy atom. The van der Waals surface area contributed by atoms with Gasteiger partial charge in [0.2, 0.25) is 6.79 Å². The normalized spacial score (nSPS) is 16.4. The number of ether oxygens (including phenoxy) is 2. The highest BCUT2D eigenvalue weighted by Crippen LogP contribution is 2.45. The molecule has 1 atom stereocenters. The molecule has 0 aliphatic carbocycles. The van der Waals surface area contributed by atoms with Crippen molar-refractivity contribution in [1.29, 1.82) is 0 Å². The summed E-state index contributed by atoms with van der Waals surface area (Å²) in [7, 11) is 0. The Bertz CT molecular complexity index is 1380. The molecule has 0 saturated carbocycles. The van der Waals surface area contributed by atoms with Gasteiger partial charge >= 0.3 is 0 Å². The molecule has 2 aliphatic rings. The minimum Gasteiger partial charge on any atom is -0.454 e. The molecule has 1 aromatic heterocycles. The predicted octanol–water partition coefficient (Wildman–Crippen LogP) is 5.51. The van der Waals surface area contributed by atoms with Crippen molar-refractivity contribution in [2.24, 2.45) is 0 Å². The lowest BCUT2D eigenvalue weighted by atomic mass is 9.95. The van der Waals surface area contributed by atoms with Crippen LogP contribution in [0.15, 0.2) is 66.7 Å². The van der Waals surface area contributed by atoms with Gasteiger partial charge in [0.15, 0.2) is 11.5 Å². The molecular weight excluding hydrogens is 438 g/mol. The molecule has 1 amide bonds. The summed E-state index contributed by atoms with van der Waals surface area (Å²) >= 11 is 6.64. The number of carbonyl (C=O) groups is 1. The van der Waals surface area contributed by atoms with E-state index >= 15 is 0 Å². The Morgan fingerprint density at radius 3 is 2.67 bits per heavy atom. The van der Waals surface area contributed by atoms with Gasteiger partial charge in [0.05, 0.1) is 11.7 Å². The van der Waals surface area contributed by atoms with Gasteiger partial charge in [0.25, 0.3) is 5.91 Å². The molecular formula is C26H20ClN3O3. The summed E-state index contributed by atoms with van der Waals surface area (Å²) in [5.41, 5.74) is 6.02. The molecule has 2 aliphatic heterocycles. The van der Waals surface area contributed by atoms with E-state index in [4.69, 9.17) is 21.1 Å². The maximum atomic E-state index is 13.6. The van der Waals surface area contributed by atoms with Crippen LogP contribution in [0.1, 0.15) is 38.8 Å². The lowest BCUT2D eigenvalue weighted by molar-refractivity contribution is 0.0730. The molecule has 0 radical (unpaired) electrons. The van der Waals surface area contributed by atoms with Crippen LogP contribution in [0.5, 0.6) is 11.5 Å². The second-order valence-electron chi connectivity index (χ2n) is 8.27. The predicted molar refractivity (Wildman–Crippen MR) is 124 cm³/mol.